The number of carbonyl (C=O) groups excluding carboxylic acids is 1. The molecule has 0 unspecified atom stereocenters. The molecule has 1 aliphatic heterocycles. The van der Waals surface area contributed by atoms with Gasteiger partial charge in [-0.05, 0) is 37.6 Å². The molecule has 0 spiro atoms. The molecule has 0 fully saturated rings. The summed E-state index contributed by atoms with van der Waals surface area (Å²) in [4.78, 5) is 28.1. The van der Waals surface area contributed by atoms with Gasteiger partial charge in [-0.3, -0.25) is 14.2 Å². The molecule has 3 rings (SSSR count). The van der Waals surface area contributed by atoms with Gasteiger partial charge in [0.05, 0.1) is 6.33 Å². The van der Waals surface area contributed by atoms with Crippen LogP contribution in [-0.4, -0.2) is 28.8 Å². The first-order chi connectivity index (χ1) is 12.0. The fourth-order valence-electron chi connectivity index (χ4n) is 2.38. The first-order valence-corrected chi connectivity index (χ1v) is 7.93. The van der Waals surface area contributed by atoms with Crippen molar-refractivity contribution in [3.63, 3.8) is 0 Å². The normalized spacial score (nSPS) is 12.6. The van der Waals surface area contributed by atoms with E-state index in [0.29, 0.717) is 30.2 Å². The highest BCUT2D eigenvalue weighted by Crippen LogP contribution is 2.32. The van der Waals surface area contributed by atoms with Crippen LogP contribution < -0.4 is 20.3 Å². The average molecular weight is 341 g/mol. The largest absolute Gasteiger partial charge is 0.454 e. The Morgan fingerprint density at radius 3 is 2.96 bits per heavy atom. The van der Waals surface area contributed by atoms with Gasteiger partial charge < -0.3 is 14.8 Å². The van der Waals surface area contributed by atoms with Gasteiger partial charge in [-0.1, -0.05) is 6.07 Å². The molecular formula is C18H19N3O4. The summed E-state index contributed by atoms with van der Waals surface area (Å²) in [6, 6.07) is 5.46. The van der Waals surface area contributed by atoms with Crippen molar-refractivity contribution in [1.29, 1.82) is 0 Å². The van der Waals surface area contributed by atoms with Crippen molar-refractivity contribution in [1.82, 2.24) is 14.9 Å². The van der Waals surface area contributed by atoms with Gasteiger partial charge >= 0.3 is 0 Å². The Morgan fingerprint density at radius 1 is 1.32 bits per heavy atom. The fourth-order valence-corrected chi connectivity index (χ4v) is 2.38. The molecule has 1 N–H and O–H groups in total. The van der Waals surface area contributed by atoms with Crippen molar-refractivity contribution in [3.05, 3.63) is 57.8 Å². The van der Waals surface area contributed by atoms with Crippen LogP contribution in [0.1, 0.15) is 16.8 Å². The number of hydrogen-bond donors (Lipinski definition) is 1. The maximum Gasteiger partial charge on any atom is 0.256 e. The summed E-state index contributed by atoms with van der Waals surface area (Å²) >= 11 is 0. The summed E-state index contributed by atoms with van der Waals surface area (Å²) in [6.07, 6.45) is 4.64. The third-order valence-electron chi connectivity index (χ3n) is 3.99. The monoisotopic (exact) mass is 341 g/mol. The highest BCUT2D eigenvalue weighted by molar-refractivity contribution is 5.91. The van der Waals surface area contributed by atoms with E-state index in [9.17, 15) is 9.59 Å². The lowest BCUT2D eigenvalue weighted by Gasteiger charge is -2.07. The van der Waals surface area contributed by atoms with Crippen molar-refractivity contribution in [2.45, 2.75) is 20.4 Å². The zero-order valence-corrected chi connectivity index (χ0v) is 14.1. The smallest absolute Gasteiger partial charge is 0.256 e. The van der Waals surface area contributed by atoms with Crippen molar-refractivity contribution in [3.8, 4) is 11.5 Å². The second kappa shape index (κ2) is 7.21. The molecule has 0 aliphatic carbocycles. The molecule has 1 aromatic carbocycles. The molecule has 1 amide bonds. The molecule has 0 atom stereocenters. The number of amides is 1. The van der Waals surface area contributed by atoms with Crippen LogP contribution in [0.3, 0.4) is 0 Å². The zero-order chi connectivity index (χ0) is 17.8. The average Bonchev–Trinajstić information content (AvgIpc) is 3.07. The molecule has 7 heteroatoms. The minimum Gasteiger partial charge on any atom is -0.454 e. The minimum absolute atomic E-state index is 0.0855. The number of ether oxygens (including phenoxy) is 2. The van der Waals surface area contributed by atoms with Crippen LogP contribution in [0.5, 0.6) is 11.5 Å². The molecule has 2 aromatic rings. The fraction of sp³-hybridized carbons (Fsp3) is 0.278. The second-order valence-corrected chi connectivity index (χ2v) is 5.69. The molecule has 0 saturated heterocycles. The maximum absolute atomic E-state index is 12.0. The molecule has 7 nitrogen and oxygen atoms in total. The van der Waals surface area contributed by atoms with Crippen molar-refractivity contribution >= 4 is 12.0 Å². The number of hydrogen-bond acceptors (Lipinski definition) is 5. The molecule has 0 saturated carbocycles. The standard InChI is InChI=1S/C18H19N3O4/c1-12-13(2)20-10-21(18(12)23)8-7-19-17(22)6-4-14-3-5-15-16(9-14)25-11-24-15/h3-6,9-10H,7-8,11H2,1-2H3,(H,19,22)/b6-4+. The van der Waals surface area contributed by atoms with Crippen LogP contribution >= 0.6 is 0 Å². The number of rotatable bonds is 5. The maximum atomic E-state index is 12.0. The summed E-state index contributed by atoms with van der Waals surface area (Å²) in [5, 5.41) is 2.75. The van der Waals surface area contributed by atoms with Gasteiger partial charge in [0.2, 0.25) is 12.7 Å². The van der Waals surface area contributed by atoms with Gasteiger partial charge in [0.25, 0.3) is 5.56 Å². The molecular weight excluding hydrogens is 322 g/mol. The highest BCUT2D eigenvalue weighted by Gasteiger charge is 2.12. The van der Waals surface area contributed by atoms with Crippen LogP contribution in [0.2, 0.25) is 0 Å². The van der Waals surface area contributed by atoms with Gasteiger partial charge in [0, 0.05) is 30.4 Å². The Balaban J connectivity index is 1.53. The van der Waals surface area contributed by atoms with E-state index < -0.39 is 0 Å². The third-order valence-corrected chi connectivity index (χ3v) is 3.99. The van der Waals surface area contributed by atoms with E-state index in [1.807, 2.05) is 12.1 Å². The van der Waals surface area contributed by atoms with E-state index in [-0.39, 0.29) is 18.3 Å². The lowest BCUT2D eigenvalue weighted by atomic mass is 10.2. The minimum atomic E-state index is -0.234. The van der Waals surface area contributed by atoms with Gasteiger partial charge in [-0.25, -0.2) is 4.98 Å². The number of fused-ring (bicyclic) bond motifs is 1. The predicted molar refractivity (Wildman–Crippen MR) is 92.6 cm³/mol. The zero-order valence-electron chi connectivity index (χ0n) is 14.1. The Bertz CT molecular complexity index is 886. The topological polar surface area (TPSA) is 82.5 Å². The number of nitrogens with one attached hydrogen (secondary N) is 1. The number of carbonyl (C=O) groups is 1. The van der Waals surface area contributed by atoms with E-state index in [1.165, 1.54) is 17.0 Å². The Hall–Kier alpha value is -3.09. The lowest BCUT2D eigenvalue weighted by Crippen LogP contribution is -2.31. The number of aromatic nitrogens is 2. The quantitative estimate of drug-likeness (QED) is 0.832. The van der Waals surface area contributed by atoms with E-state index in [4.69, 9.17) is 9.47 Å². The molecule has 0 radical (unpaired) electrons. The van der Waals surface area contributed by atoms with Crippen LogP contribution in [0.15, 0.2) is 35.4 Å². The van der Waals surface area contributed by atoms with Crippen LogP contribution in [0, 0.1) is 13.8 Å². The van der Waals surface area contributed by atoms with Crippen molar-refractivity contribution in [2.75, 3.05) is 13.3 Å². The second-order valence-electron chi connectivity index (χ2n) is 5.69. The SMILES string of the molecule is Cc1ncn(CCNC(=O)/C=C/c2ccc3c(c2)OCO3)c(=O)c1C. The Kier molecular flexibility index (Phi) is 4.83. The van der Waals surface area contributed by atoms with E-state index in [1.54, 1.807) is 26.0 Å². The van der Waals surface area contributed by atoms with Crippen molar-refractivity contribution < 1.29 is 14.3 Å². The molecule has 1 aliphatic rings. The van der Waals surface area contributed by atoms with E-state index >= 15 is 0 Å². The molecule has 2 heterocycles. The van der Waals surface area contributed by atoms with E-state index in [2.05, 4.69) is 10.3 Å². The van der Waals surface area contributed by atoms with Gasteiger partial charge in [-0.2, -0.15) is 0 Å². The van der Waals surface area contributed by atoms with E-state index in [0.717, 1.165) is 11.3 Å². The first-order valence-electron chi connectivity index (χ1n) is 7.93. The van der Waals surface area contributed by atoms with Crippen LogP contribution in [-0.2, 0) is 11.3 Å². The summed E-state index contributed by atoms with van der Waals surface area (Å²) in [5.41, 5.74) is 2.10. The third kappa shape index (κ3) is 3.88. The van der Waals surface area contributed by atoms with Gasteiger partial charge in [-0.15, -0.1) is 0 Å². The Morgan fingerprint density at radius 2 is 2.12 bits per heavy atom. The molecule has 130 valence electrons. The molecule has 0 bridgehead atoms. The number of benzene rings is 1. The first kappa shape index (κ1) is 16.8. The highest BCUT2D eigenvalue weighted by atomic mass is 16.7. The number of aryl methyl sites for hydroxylation is 1. The van der Waals surface area contributed by atoms with Crippen molar-refractivity contribution in [2.24, 2.45) is 0 Å². The molecule has 25 heavy (non-hydrogen) atoms. The number of nitrogens with zero attached hydrogens (tertiary/aromatic N) is 2. The van der Waals surface area contributed by atoms with Gasteiger partial charge in [0.15, 0.2) is 11.5 Å². The van der Waals surface area contributed by atoms with Crippen LogP contribution in [0.25, 0.3) is 6.08 Å². The summed E-state index contributed by atoms with van der Waals surface area (Å²) in [6.45, 7) is 4.47. The molecule has 1 aromatic heterocycles. The summed E-state index contributed by atoms with van der Waals surface area (Å²) < 4.78 is 12.0. The summed E-state index contributed by atoms with van der Waals surface area (Å²) in [7, 11) is 0. The van der Waals surface area contributed by atoms with Gasteiger partial charge in [0.1, 0.15) is 0 Å². The van der Waals surface area contributed by atoms with Crippen LogP contribution in [0.4, 0.5) is 0 Å². The summed E-state index contributed by atoms with van der Waals surface area (Å²) in [5.74, 6) is 1.14. The lowest BCUT2D eigenvalue weighted by molar-refractivity contribution is -0.116. The Labute approximate surface area is 144 Å². The predicted octanol–water partition coefficient (Wildman–Crippen LogP) is 1.42.